The van der Waals surface area contributed by atoms with Crippen molar-refractivity contribution in [2.45, 2.75) is 32.6 Å². The van der Waals surface area contributed by atoms with Crippen LogP contribution < -0.4 is 4.74 Å². The summed E-state index contributed by atoms with van der Waals surface area (Å²) >= 11 is 3.45. The SMILES string of the molecule is CCCCCC(=O)N(C/C=C/c1ccccc1OC)CCN1CCN(C(=O)c2cccc(Br)c2)CC1. The molecule has 36 heavy (non-hydrogen) atoms. The van der Waals surface area contributed by atoms with Gasteiger partial charge in [-0.2, -0.15) is 0 Å². The number of ether oxygens (including phenoxy) is 1. The fourth-order valence-electron chi connectivity index (χ4n) is 4.35. The van der Waals surface area contributed by atoms with Gasteiger partial charge in [0.25, 0.3) is 5.91 Å². The molecule has 6 nitrogen and oxygen atoms in total. The zero-order chi connectivity index (χ0) is 25.8. The summed E-state index contributed by atoms with van der Waals surface area (Å²) in [4.78, 5) is 32.0. The van der Waals surface area contributed by atoms with E-state index in [1.807, 2.05) is 70.5 Å². The van der Waals surface area contributed by atoms with Gasteiger partial charge < -0.3 is 14.5 Å². The van der Waals surface area contributed by atoms with E-state index in [4.69, 9.17) is 4.74 Å². The van der Waals surface area contributed by atoms with Crippen molar-refractivity contribution in [3.63, 3.8) is 0 Å². The van der Waals surface area contributed by atoms with Gasteiger partial charge >= 0.3 is 0 Å². The number of piperazine rings is 1. The Morgan fingerprint density at radius 2 is 1.83 bits per heavy atom. The summed E-state index contributed by atoms with van der Waals surface area (Å²) in [6.07, 6.45) is 7.76. The second kappa shape index (κ2) is 14.8. The molecule has 0 saturated carbocycles. The van der Waals surface area contributed by atoms with Crippen molar-refractivity contribution >= 4 is 33.8 Å². The summed E-state index contributed by atoms with van der Waals surface area (Å²) in [6.45, 7) is 7.24. The molecule has 2 amide bonds. The molecular weight excluding hydrogens is 518 g/mol. The highest BCUT2D eigenvalue weighted by atomic mass is 79.9. The zero-order valence-electron chi connectivity index (χ0n) is 21.5. The van der Waals surface area contributed by atoms with Crippen LogP contribution in [0.3, 0.4) is 0 Å². The van der Waals surface area contributed by atoms with Gasteiger partial charge in [0, 0.05) is 67.8 Å². The summed E-state index contributed by atoms with van der Waals surface area (Å²) in [5.74, 6) is 1.10. The third-order valence-corrected chi connectivity index (χ3v) is 7.02. The molecule has 7 heteroatoms. The van der Waals surface area contributed by atoms with E-state index in [2.05, 4.69) is 27.8 Å². The second-order valence-corrected chi connectivity index (χ2v) is 10.0. The third kappa shape index (κ3) is 8.49. The molecule has 194 valence electrons. The molecule has 0 bridgehead atoms. The Morgan fingerprint density at radius 1 is 1.06 bits per heavy atom. The van der Waals surface area contributed by atoms with Crippen molar-refractivity contribution in [2.75, 3.05) is 52.9 Å². The number of rotatable bonds is 12. The number of hydrogen-bond acceptors (Lipinski definition) is 4. The average molecular weight is 557 g/mol. The molecule has 2 aromatic rings. The van der Waals surface area contributed by atoms with Gasteiger partial charge in [-0.3, -0.25) is 14.5 Å². The second-order valence-electron chi connectivity index (χ2n) is 9.09. The Hall–Kier alpha value is -2.64. The lowest BCUT2D eigenvalue weighted by Gasteiger charge is -2.36. The molecule has 3 rings (SSSR count). The van der Waals surface area contributed by atoms with E-state index in [0.717, 1.165) is 54.7 Å². The molecular formula is C29H38BrN3O3. The number of benzene rings is 2. The molecule has 0 aromatic heterocycles. The molecule has 1 fully saturated rings. The van der Waals surface area contributed by atoms with Crippen LogP contribution in [0.2, 0.25) is 0 Å². The number of amides is 2. The summed E-state index contributed by atoms with van der Waals surface area (Å²) in [5, 5.41) is 0. The van der Waals surface area contributed by atoms with Gasteiger partial charge in [-0.15, -0.1) is 0 Å². The lowest BCUT2D eigenvalue weighted by atomic mass is 10.1. The Labute approximate surface area is 224 Å². The minimum Gasteiger partial charge on any atom is -0.496 e. The Morgan fingerprint density at radius 3 is 2.56 bits per heavy atom. The van der Waals surface area contributed by atoms with Crippen LogP contribution in [0.15, 0.2) is 59.1 Å². The van der Waals surface area contributed by atoms with Crippen LogP contribution in [-0.2, 0) is 4.79 Å². The molecule has 1 aliphatic rings. The van der Waals surface area contributed by atoms with Gasteiger partial charge in [-0.25, -0.2) is 0 Å². The minimum absolute atomic E-state index is 0.0742. The maximum Gasteiger partial charge on any atom is 0.253 e. The van der Waals surface area contributed by atoms with Crippen molar-refractivity contribution in [1.29, 1.82) is 0 Å². The van der Waals surface area contributed by atoms with Crippen LogP contribution in [-0.4, -0.2) is 79.4 Å². The van der Waals surface area contributed by atoms with Gasteiger partial charge in [-0.1, -0.05) is 72.1 Å². The first kappa shape index (κ1) is 27.9. The monoisotopic (exact) mass is 555 g/mol. The van der Waals surface area contributed by atoms with E-state index >= 15 is 0 Å². The molecule has 0 unspecified atom stereocenters. The average Bonchev–Trinajstić information content (AvgIpc) is 2.90. The number of hydrogen-bond donors (Lipinski definition) is 0. The minimum atomic E-state index is 0.0742. The normalized spacial score (nSPS) is 14.2. The number of carbonyl (C=O) groups is 2. The van der Waals surface area contributed by atoms with Gasteiger partial charge in [-0.05, 0) is 30.7 Å². The lowest BCUT2D eigenvalue weighted by molar-refractivity contribution is -0.131. The highest BCUT2D eigenvalue weighted by molar-refractivity contribution is 9.10. The molecule has 1 saturated heterocycles. The summed E-state index contributed by atoms with van der Waals surface area (Å²) < 4.78 is 6.35. The Balaban J connectivity index is 1.53. The van der Waals surface area contributed by atoms with E-state index < -0.39 is 0 Å². The molecule has 2 aromatic carbocycles. The number of unbranched alkanes of at least 4 members (excludes halogenated alkanes) is 2. The summed E-state index contributed by atoms with van der Waals surface area (Å²) in [5.41, 5.74) is 1.72. The summed E-state index contributed by atoms with van der Waals surface area (Å²) in [6, 6.07) is 15.4. The van der Waals surface area contributed by atoms with Crippen LogP contribution in [0, 0.1) is 0 Å². The molecule has 0 radical (unpaired) electrons. The number of carbonyl (C=O) groups excluding carboxylic acids is 2. The van der Waals surface area contributed by atoms with E-state index in [0.29, 0.717) is 38.2 Å². The molecule has 0 aliphatic carbocycles. The fraction of sp³-hybridized carbons (Fsp3) is 0.448. The molecule has 1 heterocycles. The van der Waals surface area contributed by atoms with E-state index in [1.165, 1.54) is 0 Å². The fourth-order valence-corrected chi connectivity index (χ4v) is 4.75. The van der Waals surface area contributed by atoms with E-state index in [1.54, 1.807) is 7.11 Å². The van der Waals surface area contributed by atoms with Crippen molar-refractivity contribution in [3.8, 4) is 5.75 Å². The number of halogens is 1. The third-order valence-electron chi connectivity index (χ3n) is 6.53. The molecule has 0 atom stereocenters. The van der Waals surface area contributed by atoms with Crippen LogP contribution in [0.25, 0.3) is 6.08 Å². The van der Waals surface area contributed by atoms with Crippen molar-refractivity contribution in [2.24, 2.45) is 0 Å². The standard InChI is InChI=1S/C29H38BrN3O3/c1-3-4-5-15-28(34)32(16-9-12-24-10-6-7-14-27(24)36-2)20-17-31-18-21-33(22-19-31)29(35)25-11-8-13-26(30)23-25/h6-14,23H,3-5,15-22H2,1-2H3/b12-9+. The van der Waals surface area contributed by atoms with Gasteiger partial charge in [0.15, 0.2) is 0 Å². The molecule has 0 N–H and O–H groups in total. The Bertz CT molecular complexity index is 1020. The smallest absolute Gasteiger partial charge is 0.253 e. The van der Waals surface area contributed by atoms with Gasteiger partial charge in [0.2, 0.25) is 5.91 Å². The van der Waals surface area contributed by atoms with Crippen LogP contribution in [0.4, 0.5) is 0 Å². The van der Waals surface area contributed by atoms with Crippen molar-refractivity contribution in [3.05, 3.63) is 70.2 Å². The van der Waals surface area contributed by atoms with E-state index in [-0.39, 0.29) is 11.8 Å². The topological polar surface area (TPSA) is 53.1 Å². The van der Waals surface area contributed by atoms with Crippen molar-refractivity contribution in [1.82, 2.24) is 14.7 Å². The first-order valence-electron chi connectivity index (χ1n) is 12.9. The maximum absolute atomic E-state index is 13.0. The summed E-state index contributed by atoms with van der Waals surface area (Å²) in [7, 11) is 1.67. The lowest BCUT2D eigenvalue weighted by Crippen LogP contribution is -2.50. The predicted octanol–water partition coefficient (Wildman–Crippen LogP) is 5.34. The van der Waals surface area contributed by atoms with Gasteiger partial charge in [0.1, 0.15) is 5.75 Å². The Kier molecular flexibility index (Phi) is 11.5. The number of nitrogens with zero attached hydrogens (tertiary/aromatic N) is 3. The highest BCUT2D eigenvalue weighted by Gasteiger charge is 2.23. The van der Waals surface area contributed by atoms with Crippen molar-refractivity contribution < 1.29 is 14.3 Å². The number of para-hydroxylation sites is 1. The van der Waals surface area contributed by atoms with E-state index in [9.17, 15) is 9.59 Å². The first-order valence-corrected chi connectivity index (χ1v) is 13.7. The van der Waals surface area contributed by atoms with Crippen LogP contribution in [0.5, 0.6) is 5.75 Å². The predicted molar refractivity (Wildman–Crippen MR) is 149 cm³/mol. The largest absolute Gasteiger partial charge is 0.496 e. The number of methoxy groups -OCH3 is 1. The first-order chi connectivity index (χ1) is 17.5. The molecule has 0 spiro atoms. The quantitative estimate of drug-likeness (QED) is 0.332. The maximum atomic E-state index is 13.0. The van der Waals surface area contributed by atoms with Crippen LogP contribution in [0.1, 0.15) is 48.5 Å². The van der Waals surface area contributed by atoms with Crippen LogP contribution >= 0.6 is 15.9 Å². The zero-order valence-corrected chi connectivity index (χ0v) is 23.1. The van der Waals surface area contributed by atoms with Gasteiger partial charge in [0.05, 0.1) is 7.11 Å². The highest BCUT2D eigenvalue weighted by Crippen LogP contribution is 2.19. The molecule has 1 aliphatic heterocycles.